The van der Waals surface area contributed by atoms with E-state index in [1.807, 2.05) is 32.0 Å². The third-order valence-corrected chi connectivity index (χ3v) is 4.69. The Morgan fingerprint density at radius 3 is 2.74 bits per heavy atom. The molecular weight excluding hydrogens is 342 g/mol. The molecule has 3 heterocycles. The van der Waals surface area contributed by atoms with Crippen LogP contribution in [0.15, 0.2) is 39.2 Å². The average Bonchev–Trinajstić information content (AvgIpc) is 3.41. The fourth-order valence-corrected chi connectivity index (χ4v) is 3.21. The minimum atomic E-state index is 0.302. The first kappa shape index (κ1) is 17.2. The molecule has 4 rings (SSSR count). The maximum atomic E-state index is 9.35. The van der Waals surface area contributed by atoms with Gasteiger partial charge in [0.15, 0.2) is 5.76 Å². The van der Waals surface area contributed by atoms with E-state index in [0.717, 1.165) is 42.8 Å². The van der Waals surface area contributed by atoms with Crippen LogP contribution in [0.4, 0.5) is 5.88 Å². The topological polar surface area (TPSA) is 75.4 Å². The van der Waals surface area contributed by atoms with E-state index in [4.69, 9.17) is 13.6 Å². The second-order valence-corrected chi connectivity index (χ2v) is 6.80. The lowest BCUT2D eigenvalue weighted by Gasteiger charge is -2.12. The predicted molar refractivity (Wildman–Crippen MR) is 101 cm³/mol. The molecule has 0 atom stereocenters. The van der Waals surface area contributed by atoms with Crippen molar-refractivity contribution in [2.75, 3.05) is 18.0 Å². The summed E-state index contributed by atoms with van der Waals surface area (Å²) in [6.45, 7) is 6.13. The number of benzene rings is 1. The average molecular weight is 363 g/mol. The van der Waals surface area contributed by atoms with Gasteiger partial charge in [0.1, 0.15) is 24.2 Å². The second-order valence-electron chi connectivity index (χ2n) is 6.80. The zero-order valence-electron chi connectivity index (χ0n) is 15.5. The molecule has 0 aliphatic carbocycles. The normalized spacial score (nSPS) is 13.7. The van der Waals surface area contributed by atoms with Crippen LogP contribution in [0.3, 0.4) is 0 Å². The van der Waals surface area contributed by atoms with E-state index in [1.54, 1.807) is 6.07 Å². The van der Waals surface area contributed by atoms with Crippen molar-refractivity contribution in [2.24, 2.45) is 0 Å². The summed E-state index contributed by atoms with van der Waals surface area (Å²) in [5, 5.41) is 9.35. The summed E-state index contributed by atoms with van der Waals surface area (Å²) in [4.78, 5) is 6.35. The maximum absolute atomic E-state index is 9.35. The first-order valence-electron chi connectivity index (χ1n) is 9.09. The zero-order valence-corrected chi connectivity index (χ0v) is 15.5. The fourth-order valence-electron chi connectivity index (χ4n) is 3.21. The van der Waals surface area contributed by atoms with Crippen molar-refractivity contribution in [3.63, 3.8) is 0 Å². The third kappa shape index (κ3) is 3.54. The highest BCUT2D eigenvalue weighted by Gasteiger charge is 2.24. The monoisotopic (exact) mass is 363 g/mol. The van der Waals surface area contributed by atoms with Gasteiger partial charge in [-0.2, -0.15) is 10.2 Å². The van der Waals surface area contributed by atoms with Crippen molar-refractivity contribution >= 4 is 5.88 Å². The predicted octanol–water partition coefficient (Wildman–Crippen LogP) is 4.60. The molecule has 1 fully saturated rings. The second kappa shape index (κ2) is 7.20. The van der Waals surface area contributed by atoms with E-state index in [1.165, 1.54) is 0 Å². The zero-order chi connectivity index (χ0) is 18.8. The van der Waals surface area contributed by atoms with Gasteiger partial charge in [0.05, 0.1) is 0 Å². The van der Waals surface area contributed by atoms with Gasteiger partial charge in [-0.3, -0.25) is 0 Å². The molecule has 0 bridgehead atoms. The number of hydrogen-bond acceptors (Lipinski definition) is 6. The van der Waals surface area contributed by atoms with Crippen LogP contribution < -0.4 is 9.64 Å². The highest BCUT2D eigenvalue weighted by Crippen LogP contribution is 2.31. The molecule has 0 unspecified atom stereocenters. The number of aromatic nitrogens is 1. The Morgan fingerprint density at radius 1 is 1.15 bits per heavy atom. The van der Waals surface area contributed by atoms with E-state index in [0.29, 0.717) is 35.6 Å². The van der Waals surface area contributed by atoms with E-state index in [9.17, 15) is 5.26 Å². The molecule has 2 aromatic heterocycles. The number of rotatable bonds is 5. The molecule has 6 heteroatoms. The summed E-state index contributed by atoms with van der Waals surface area (Å²) in [6.07, 6.45) is 2.20. The van der Waals surface area contributed by atoms with E-state index < -0.39 is 0 Å². The maximum Gasteiger partial charge on any atom is 0.266 e. The molecule has 1 aromatic carbocycles. The molecule has 0 radical (unpaired) electrons. The quantitative estimate of drug-likeness (QED) is 0.659. The summed E-state index contributed by atoms with van der Waals surface area (Å²) < 4.78 is 17.6. The largest absolute Gasteiger partial charge is 0.485 e. The Balaban J connectivity index is 1.51. The van der Waals surface area contributed by atoms with Gasteiger partial charge >= 0.3 is 0 Å². The summed E-state index contributed by atoms with van der Waals surface area (Å²) in [5.41, 5.74) is 2.53. The Kier molecular flexibility index (Phi) is 4.59. The number of nitriles is 1. The Morgan fingerprint density at radius 2 is 1.96 bits per heavy atom. The lowest BCUT2D eigenvalue weighted by atomic mass is 10.1. The van der Waals surface area contributed by atoms with Gasteiger partial charge in [0, 0.05) is 13.1 Å². The number of oxazole rings is 1. The number of aryl methyl sites for hydroxylation is 2. The molecule has 3 aromatic rings. The highest BCUT2D eigenvalue weighted by atomic mass is 16.5. The summed E-state index contributed by atoms with van der Waals surface area (Å²) >= 11 is 0. The van der Waals surface area contributed by atoms with Crippen molar-refractivity contribution in [1.29, 1.82) is 5.26 Å². The van der Waals surface area contributed by atoms with Crippen LogP contribution in [0.25, 0.3) is 11.7 Å². The fraction of sp³-hybridized carbons (Fsp3) is 0.333. The first-order chi connectivity index (χ1) is 13.1. The minimum absolute atomic E-state index is 0.302. The molecule has 1 saturated heterocycles. The van der Waals surface area contributed by atoms with Crippen LogP contribution in [0.1, 0.15) is 35.4 Å². The van der Waals surface area contributed by atoms with Crippen LogP contribution in [-0.2, 0) is 6.61 Å². The van der Waals surface area contributed by atoms with Gasteiger partial charge in [-0.15, -0.1) is 0 Å². The first-order valence-corrected chi connectivity index (χ1v) is 9.09. The highest BCUT2D eigenvalue weighted by molar-refractivity contribution is 5.56. The van der Waals surface area contributed by atoms with Gasteiger partial charge in [-0.25, -0.2) is 0 Å². The van der Waals surface area contributed by atoms with Gasteiger partial charge in [-0.05, 0) is 56.0 Å². The molecule has 0 saturated carbocycles. The van der Waals surface area contributed by atoms with Crippen molar-refractivity contribution in [1.82, 2.24) is 4.98 Å². The van der Waals surface area contributed by atoms with Crippen molar-refractivity contribution < 1.29 is 13.6 Å². The lowest BCUT2D eigenvalue weighted by Crippen LogP contribution is -2.17. The molecule has 1 aliphatic heterocycles. The Labute approximate surface area is 158 Å². The van der Waals surface area contributed by atoms with Crippen LogP contribution in [0.5, 0.6) is 5.75 Å². The number of furan rings is 1. The summed E-state index contributed by atoms with van der Waals surface area (Å²) in [7, 11) is 0. The number of hydrogen-bond donors (Lipinski definition) is 0. The van der Waals surface area contributed by atoms with Crippen molar-refractivity contribution in [3.8, 4) is 23.5 Å². The van der Waals surface area contributed by atoms with Gasteiger partial charge in [-0.1, -0.05) is 12.1 Å². The van der Waals surface area contributed by atoms with E-state index in [-0.39, 0.29) is 0 Å². The number of ether oxygens (including phenoxy) is 1. The summed E-state index contributed by atoms with van der Waals surface area (Å²) in [6, 6.07) is 11.8. The van der Waals surface area contributed by atoms with E-state index >= 15 is 0 Å². The molecule has 138 valence electrons. The molecule has 6 nitrogen and oxygen atoms in total. The SMILES string of the molecule is Cc1ccc(C)c(OCc2ccc(-c3nc(C#N)c(N4CCCC4)o3)o2)c1. The number of anilines is 1. The smallest absolute Gasteiger partial charge is 0.266 e. The van der Waals surface area contributed by atoms with Crippen LogP contribution >= 0.6 is 0 Å². The van der Waals surface area contributed by atoms with Crippen molar-refractivity contribution in [3.05, 3.63) is 52.9 Å². The Hall–Kier alpha value is -3.20. The number of nitrogens with zero attached hydrogens (tertiary/aromatic N) is 3. The van der Waals surface area contributed by atoms with Crippen molar-refractivity contribution in [2.45, 2.75) is 33.3 Å². The van der Waals surface area contributed by atoms with Crippen LogP contribution in [0.2, 0.25) is 0 Å². The molecule has 1 aliphatic rings. The Bertz CT molecular complexity index is 991. The molecule has 0 N–H and O–H groups in total. The van der Waals surface area contributed by atoms with Gasteiger partial charge in [0.2, 0.25) is 11.6 Å². The third-order valence-electron chi connectivity index (χ3n) is 4.69. The minimum Gasteiger partial charge on any atom is -0.485 e. The van der Waals surface area contributed by atoms with Crippen LogP contribution in [-0.4, -0.2) is 18.1 Å². The van der Waals surface area contributed by atoms with Crippen LogP contribution in [0, 0.1) is 25.2 Å². The lowest BCUT2D eigenvalue weighted by molar-refractivity contribution is 0.269. The molecule has 27 heavy (non-hydrogen) atoms. The standard InChI is InChI=1S/C21H21N3O3/c1-14-5-6-15(2)19(11-14)25-13-16-7-8-18(26-16)20-23-17(12-22)21(27-20)24-9-3-4-10-24/h5-8,11H,3-4,9-10,13H2,1-2H3. The van der Waals surface area contributed by atoms with Gasteiger partial charge in [0.25, 0.3) is 5.89 Å². The van der Waals surface area contributed by atoms with Gasteiger partial charge < -0.3 is 18.5 Å². The summed E-state index contributed by atoms with van der Waals surface area (Å²) in [5.74, 6) is 2.87. The molecule has 0 spiro atoms. The van der Waals surface area contributed by atoms with E-state index in [2.05, 4.69) is 22.0 Å². The molecular formula is C21H21N3O3. The molecule has 0 amide bonds.